The normalized spacial score (nSPS) is 13.9. The van der Waals surface area contributed by atoms with E-state index >= 15 is 0 Å². The zero-order valence-corrected chi connectivity index (χ0v) is 19.7. The molecule has 2 aromatic carbocycles. The van der Waals surface area contributed by atoms with E-state index in [1.54, 1.807) is 4.90 Å². The van der Waals surface area contributed by atoms with Gasteiger partial charge in [-0.15, -0.1) is 0 Å². The van der Waals surface area contributed by atoms with Crippen molar-refractivity contribution in [3.8, 4) is 5.75 Å². The first-order chi connectivity index (χ1) is 15.3. The number of anilines is 1. The second-order valence-corrected chi connectivity index (χ2v) is 9.49. The number of ether oxygens (including phenoxy) is 2. The van der Waals surface area contributed by atoms with Gasteiger partial charge in [0.05, 0.1) is 24.8 Å². The summed E-state index contributed by atoms with van der Waals surface area (Å²) in [5, 5.41) is 0. The number of fused-ring (bicyclic) bond motifs is 1. The summed E-state index contributed by atoms with van der Waals surface area (Å²) in [7, 11) is 1.42. The summed E-state index contributed by atoms with van der Waals surface area (Å²) in [6.07, 6.45) is 2.94. The second-order valence-electron chi connectivity index (χ2n) is 9.49. The number of methoxy groups -OCH3 is 1. The van der Waals surface area contributed by atoms with E-state index in [4.69, 9.17) is 14.5 Å². The molecule has 1 aliphatic carbocycles. The fourth-order valence-corrected chi connectivity index (χ4v) is 4.12. The molecule has 6 nitrogen and oxygen atoms in total. The van der Waals surface area contributed by atoms with Crippen LogP contribution in [0.5, 0.6) is 5.75 Å². The minimum Gasteiger partial charge on any atom is -0.494 e. The minimum absolute atomic E-state index is 0.371. The molecule has 6 heteroatoms. The van der Waals surface area contributed by atoms with Crippen LogP contribution in [0, 0.1) is 5.92 Å². The lowest BCUT2D eigenvalue weighted by Gasteiger charge is -2.34. The smallest absolute Gasteiger partial charge is 0.414 e. The zero-order valence-electron chi connectivity index (χ0n) is 19.7. The summed E-state index contributed by atoms with van der Waals surface area (Å²) in [5.41, 5.74) is 3.60. The monoisotopic (exact) mass is 435 g/mol. The molecule has 0 radical (unpaired) electrons. The lowest BCUT2D eigenvalue weighted by Crippen LogP contribution is -2.45. The fraction of sp³-hybridized carbons (Fsp3) is 0.462. The van der Waals surface area contributed by atoms with Gasteiger partial charge in [0.1, 0.15) is 11.6 Å². The molecule has 1 fully saturated rings. The van der Waals surface area contributed by atoms with Crippen LogP contribution in [0.3, 0.4) is 0 Å². The molecule has 1 saturated carbocycles. The van der Waals surface area contributed by atoms with Gasteiger partial charge in [0.2, 0.25) is 0 Å². The van der Waals surface area contributed by atoms with E-state index in [2.05, 4.69) is 22.8 Å². The molecule has 32 heavy (non-hydrogen) atoms. The third-order valence-corrected chi connectivity index (χ3v) is 5.83. The number of amides is 1. The summed E-state index contributed by atoms with van der Waals surface area (Å²) in [6.45, 7) is 9.63. The predicted molar refractivity (Wildman–Crippen MR) is 128 cm³/mol. The first kappa shape index (κ1) is 22.2. The van der Waals surface area contributed by atoms with E-state index < -0.39 is 5.54 Å². The van der Waals surface area contributed by atoms with Gasteiger partial charge in [-0.25, -0.2) is 9.78 Å². The second kappa shape index (κ2) is 8.85. The van der Waals surface area contributed by atoms with E-state index in [1.807, 2.05) is 52.0 Å². The molecule has 170 valence electrons. The van der Waals surface area contributed by atoms with Crippen LogP contribution in [0.2, 0.25) is 0 Å². The number of benzene rings is 2. The molecule has 1 aromatic heterocycles. The Morgan fingerprint density at radius 3 is 2.47 bits per heavy atom. The van der Waals surface area contributed by atoms with Crippen LogP contribution in [0.4, 0.5) is 10.5 Å². The Labute approximate surface area is 190 Å². The third kappa shape index (κ3) is 4.74. The number of hydrogen-bond donors (Lipinski definition) is 0. The van der Waals surface area contributed by atoms with Crippen molar-refractivity contribution in [2.24, 2.45) is 5.92 Å². The third-order valence-electron chi connectivity index (χ3n) is 5.83. The zero-order chi connectivity index (χ0) is 22.9. The topological polar surface area (TPSA) is 56.6 Å². The number of carbonyl (C=O) groups is 1. The van der Waals surface area contributed by atoms with Gasteiger partial charge in [-0.1, -0.05) is 12.1 Å². The van der Waals surface area contributed by atoms with Gasteiger partial charge < -0.3 is 14.0 Å². The number of aromatic nitrogens is 2. The lowest BCUT2D eigenvalue weighted by atomic mass is 10.1. The van der Waals surface area contributed by atoms with Crippen molar-refractivity contribution in [2.45, 2.75) is 59.0 Å². The average molecular weight is 436 g/mol. The number of rotatable bonds is 7. The van der Waals surface area contributed by atoms with Gasteiger partial charge in [0.15, 0.2) is 0 Å². The molecule has 0 saturated heterocycles. The maximum atomic E-state index is 12.5. The Bertz CT molecular complexity index is 1090. The van der Waals surface area contributed by atoms with Crippen LogP contribution in [0.1, 0.15) is 51.9 Å². The fourth-order valence-electron chi connectivity index (χ4n) is 4.12. The molecule has 4 rings (SSSR count). The average Bonchev–Trinajstić information content (AvgIpc) is 3.51. The number of nitrogens with zero attached hydrogens (tertiary/aromatic N) is 3. The summed E-state index contributed by atoms with van der Waals surface area (Å²) < 4.78 is 13.0. The standard InChI is InChI=1S/C26H33N3O3/c1-6-32-21-12-9-18(10-13-21)15-24-27-22-16-20(29(25(30)31-5)26(2,3)4)11-14-23(22)28(24)17-19-7-8-19/h9-14,16,19H,6-8,15,17H2,1-5H3. The Kier molecular flexibility index (Phi) is 6.13. The van der Waals surface area contributed by atoms with E-state index in [9.17, 15) is 4.79 Å². The number of hydrogen-bond acceptors (Lipinski definition) is 4. The van der Waals surface area contributed by atoms with Crippen LogP contribution < -0.4 is 9.64 Å². The molecule has 1 aliphatic rings. The van der Waals surface area contributed by atoms with Crippen molar-refractivity contribution in [3.05, 3.63) is 53.9 Å². The summed E-state index contributed by atoms with van der Waals surface area (Å²) in [4.78, 5) is 19.2. The summed E-state index contributed by atoms with van der Waals surface area (Å²) in [5.74, 6) is 2.67. The largest absolute Gasteiger partial charge is 0.494 e. The van der Waals surface area contributed by atoms with Crippen molar-refractivity contribution in [1.82, 2.24) is 9.55 Å². The first-order valence-corrected chi connectivity index (χ1v) is 11.4. The molecule has 0 atom stereocenters. The minimum atomic E-state index is -0.414. The van der Waals surface area contributed by atoms with Crippen LogP contribution in [-0.4, -0.2) is 34.9 Å². The molecule has 0 aliphatic heterocycles. The highest BCUT2D eigenvalue weighted by Gasteiger charge is 2.30. The molecule has 1 amide bonds. The lowest BCUT2D eigenvalue weighted by molar-refractivity contribution is 0.172. The molecule has 0 bridgehead atoms. The van der Waals surface area contributed by atoms with Crippen molar-refractivity contribution in [1.29, 1.82) is 0 Å². The van der Waals surface area contributed by atoms with Gasteiger partial charge >= 0.3 is 6.09 Å². The van der Waals surface area contributed by atoms with Crippen LogP contribution >= 0.6 is 0 Å². The van der Waals surface area contributed by atoms with Gasteiger partial charge in [0.25, 0.3) is 0 Å². The highest BCUT2D eigenvalue weighted by atomic mass is 16.5. The molecular formula is C26H33N3O3. The quantitative estimate of drug-likeness (QED) is 0.470. The molecule has 0 N–H and O–H groups in total. The predicted octanol–water partition coefficient (Wildman–Crippen LogP) is 5.81. The van der Waals surface area contributed by atoms with E-state index in [-0.39, 0.29) is 6.09 Å². The molecule has 0 spiro atoms. The van der Waals surface area contributed by atoms with Crippen molar-refractivity contribution >= 4 is 22.8 Å². The molecule has 3 aromatic rings. The molecular weight excluding hydrogens is 402 g/mol. The van der Waals surface area contributed by atoms with Crippen molar-refractivity contribution in [2.75, 3.05) is 18.6 Å². The van der Waals surface area contributed by atoms with E-state index in [1.165, 1.54) is 25.5 Å². The van der Waals surface area contributed by atoms with Crippen LogP contribution in [0.15, 0.2) is 42.5 Å². The van der Waals surface area contributed by atoms with Gasteiger partial charge in [0, 0.05) is 24.2 Å². The Balaban J connectivity index is 1.71. The van der Waals surface area contributed by atoms with Gasteiger partial charge in [-0.3, -0.25) is 4.90 Å². The Hall–Kier alpha value is -3.02. The number of imidazole rings is 1. The van der Waals surface area contributed by atoms with Gasteiger partial charge in [-0.05, 0) is 82.3 Å². The summed E-state index contributed by atoms with van der Waals surface area (Å²) in [6, 6.07) is 14.3. The van der Waals surface area contributed by atoms with Crippen molar-refractivity contribution < 1.29 is 14.3 Å². The summed E-state index contributed by atoms with van der Waals surface area (Å²) >= 11 is 0. The first-order valence-electron chi connectivity index (χ1n) is 11.4. The van der Waals surface area contributed by atoms with Gasteiger partial charge in [-0.2, -0.15) is 0 Å². The Morgan fingerprint density at radius 1 is 1.16 bits per heavy atom. The maximum absolute atomic E-state index is 12.5. The highest BCUT2D eigenvalue weighted by molar-refractivity contribution is 5.92. The highest BCUT2D eigenvalue weighted by Crippen LogP contribution is 2.34. The molecule has 1 heterocycles. The number of carbonyl (C=O) groups excluding carboxylic acids is 1. The molecule has 0 unspecified atom stereocenters. The van der Waals surface area contributed by atoms with Crippen LogP contribution in [0.25, 0.3) is 11.0 Å². The van der Waals surface area contributed by atoms with Crippen molar-refractivity contribution in [3.63, 3.8) is 0 Å². The van der Waals surface area contributed by atoms with E-state index in [0.717, 1.165) is 47.2 Å². The van der Waals surface area contributed by atoms with E-state index in [0.29, 0.717) is 6.61 Å². The maximum Gasteiger partial charge on any atom is 0.414 e. The SMILES string of the molecule is CCOc1ccc(Cc2nc3cc(N(C(=O)OC)C(C)(C)C)ccc3n2CC2CC2)cc1. The Morgan fingerprint density at radius 2 is 1.88 bits per heavy atom. The van der Waals surface area contributed by atoms with Crippen LogP contribution in [-0.2, 0) is 17.7 Å².